The number of benzene rings is 1. The normalized spacial score (nSPS) is 20.6. The fourth-order valence-electron chi connectivity index (χ4n) is 2.16. The Kier molecular flexibility index (Phi) is 6.79. The van der Waals surface area contributed by atoms with Crippen molar-refractivity contribution in [2.24, 2.45) is 0 Å². The topological polar surface area (TPSA) is 76.1 Å². The molecule has 1 aromatic carbocycles. The summed E-state index contributed by atoms with van der Waals surface area (Å²) < 4.78 is 6.39. The summed E-state index contributed by atoms with van der Waals surface area (Å²) in [5.74, 6) is -0.0725. The number of nitrogens with zero attached hydrogens (tertiary/aromatic N) is 2. The fourth-order valence-corrected chi connectivity index (χ4v) is 3.61. The van der Waals surface area contributed by atoms with Gasteiger partial charge in [0.05, 0.1) is 12.7 Å². The standard InChI is InChI=1S/C14H16N4O2S2.ClH/c1-9-12(15-6-7-20-9)13(19)17-10-2-4-11(5-3-10)22-14-18-16-8-21-14;/h2-5,8-9,12,15H,6-7H2,1H3,(H,17,19);1H/t9-,12+;/m1./s1. The Morgan fingerprint density at radius 1 is 1.43 bits per heavy atom. The zero-order chi connectivity index (χ0) is 15.4. The SMILES string of the molecule is C[C@H]1OCCN[C@@H]1C(=O)Nc1ccc(Sc2nncs2)cc1.Cl. The third kappa shape index (κ3) is 4.89. The van der Waals surface area contributed by atoms with E-state index in [0.717, 1.165) is 14.9 Å². The molecule has 1 amide bonds. The van der Waals surface area contributed by atoms with E-state index in [1.165, 1.54) is 11.3 Å². The maximum atomic E-state index is 12.2. The number of hydrogen-bond acceptors (Lipinski definition) is 7. The van der Waals surface area contributed by atoms with Crippen LogP contribution in [0.25, 0.3) is 0 Å². The Labute approximate surface area is 148 Å². The van der Waals surface area contributed by atoms with Gasteiger partial charge in [-0.1, -0.05) is 23.1 Å². The highest BCUT2D eigenvalue weighted by Gasteiger charge is 2.28. The first-order chi connectivity index (χ1) is 10.7. The van der Waals surface area contributed by atoms with Crippen molar-refractivity contribution in [3.8, 4) is 0 Å². The summed E-state index contributed by atoms with van der Waals surface area (Å²) in [6.07, 6.45) is -0.124. The van der Waals surface area contributed by atoms with E-state index >= 15 is 0 Å². The molecular weight excluding hydrogens is 356 g/mol. The quantitative estimate of drug-likeness (QED) is 0.858. The molecule has 3 rings (SSSR count). The molecule has 0 aliphatic carbocycles. The molecule has 1 aliphatic rings. The Hall–Kier alpha value is -1.19. The van der Waals surface area contributed by atoms with Crippen LogP contribution in [0.2, 0.25) is 0 Å². The van der Waals surface area contributed by atoms with Crippen molar-refractivity contribution in [2.75, 3.05) is 18.5 Å². The van der Waals surface area contributed by atoms with Crippen molar-refractivity contribution in [2.45, 2.75) is 28.3 Å². The second-order valence-electron chi connectivity index (χ2n) is 4.83. The minimum Gasteiger partial charge on any atom is -0.375 e. The van der Waals surface area contributed by atoms with Gasteiger partial charge in [-0.2, -0.15) is 0 Å². The van der Waals surface area contributed by atoms with Crippen molar-refractivity contribution < 1.29 is 9.53 Å². The lowest BCUT2D eigenvalue weighted by atomic mass is 10.1. The van der Waals surface area contributed by atoms with Crippen LogP contribution in [0.1, 0.15) is 6.92 Å². The Bertz CT molecular complexity index is 624. The maximum absolute atomic E-state index is 12.2. The number of hydrogen-bond donors (Lipinski definition) is 2. The monoisotopic (exact) mass is 372 g/mol. The molecule has 0 unspecified atom stereocenters. The molecule has 2 aromatic rings. The molecule has 1 aliphatic heterocycles. The van der Waals surface area contributed by atoms with Crippen molar-refractivity contribution in [3.05, 3.63) is 29.8 Å². The lowest BCUT2D eigenvalue weighted by Crippen LogP contribution is -2.53. The van der Waals surface area contributed by atoms with Crippen LogP contribution in [0.3, 0.4) is 0 Å². The van der Waals surface area contributed by atoms with E-state index in [1.807, 2.05) is 31.2 Å². The second-order valence-corrected chi connectivity index (χ2v) is 6.98. The summed E-state index contributed by atoms with van der Waals surface area (Å²) in [6, 6.07) is 7.36. The van der Waals surface area contributed by atoms with E-state index in [-0.39, 0.29) is 30.5 Å². The van der Waals surface area contributed by atoms with Crippen LogP contribution in [0, 0.1) is 0 Å². The van der Waals surface area contributed by atoms with Gasteiger partial charge in [0.2, 0.25) is 5.91 Å². The smallest absolute Gasteiger partial charge is 0.244 e. The third-order valence-electron chi connectivity index (χ3n) is 3.27. The molecule has 0 saturated carbocycles. The molecular formula is C14H17ClN4O2S2. The van der Waals surface area contributed by atoms with E-state index in [1.54, 1.807) is 17.3 Å². The first-order valence-electron chi connectivity index (χ1n) is 6.92. The largest absolute Gasteiger partial charge is 0.375 e. The summed E-state index contributed by atoms with van der Waals surface area (Å²) in [5, 5.41) is 13.9. The van der Waals surface area contributed by atoms with Gasteiger partial charge in [0.1, 0.15) is 11.6 Å². The number of morpholine rings is 1. The number of rotatable bonds is 4. The number of halogens is 1. The molecule has 2 heterocycles. The summed E-state index contributed by atoms with van der Waals surface area (Å²) >= 11 is 3.05. The molecule has 124 valence electrons. The van der Waals surface area contributed by atoms with Crippen molar-refractivity contribution >= 4 is 47.1 Å². The lowest BCUT2D eigenvalue weighted by molar-refractivity contribution is -0.123. The molecule has 1 fully saturated rings. The van der Waals surface area contributed by atoms with Gasteiger partial charge in [-0.25, -0.2) is 0 Å². The van der Waals surface area contributed by atoms with E-state index in [4.69, 9.17) is 4.74 Å². The van der Waals surface area contributed by atoms with Crippen LogP contribution in [-0.4, -0.2) is 41.4 Å². The molecule has 0 bridgehead atoms. The average molecular weight is 373 g/mol. The van der Waals surface area contributed by atoms with Crippen LogP contribution in [0.4, 0.5) is 5.69 Å². The van der Waals surface area contributed by atoms with Crippen molar-refractivity contribution in [3.63, 3.8) is 0 Å². The number of anilines is 1. The van der Waals surface area contributed by atoms with Gasteiger partial charge in [0, 0.05) is 17.1 Å². The van der Waals surface area contributed by atoms with E-state index < -0.39 is 0 Å². The van der Waals surface area contributed by atoms with Crippen LogP contribution in [0.5, 0.6) is 0 Å². The minimum atomic E-state index is -0.316. The molecule has 9 heteroatoms. The van der Waals surface area contributed by atoms with Crippen LogP contribution < -0.4 is 10.6 Å². The Morgan fingerprint density at radius 3 is 2.87 bits per heavy atom. The molecule has 2 N–H and O–H groups in total. The number of ether oxygens (including phenoxy) is 1. The van der Waals surface area contributed by atoms with Crippen LogP contribution in [0.15, 0.2) is 39.0 Å². The predicted molar refractivity (Wildman–Crippen MR) is 93.6 cm³/mol. The zero-order valence-corrected chi connectivity index (χ0v) is 14.8. The number of carbonyl (C=O) groups is 1. The zero-order valence-electron chi connectivity index (χ0n) is 12.4. The van der Waals surface area contributed by atoms with E-state index in [2.05, 4.69) is 20.8 Å². The van der Waals surface area contributed by atoms with Crippen molar-refractivity contribution in [1.82, 2.24) is 15.5 Å². The predicted octanol–water partition coefficient (Wildman–Crippen LogP) is 2.43. The van der Waals surface area contributed by atoms with Gasteiger partial charge >= 0.3 is 0 Å². The third-order valence-corrected chi connectivity index (χ3v) is 5.05. The van der Waals surface area contributed by atoms with Crippen LogP contribution in [-0.2, 0) is 9.53 Å². The van der Waals surface area contributed by atoms with Gasteiger partial charge in [-0.15, -0.1) is 22.6 Å². The number of amides is 1. The summed E-state index contributed by atoms with van der Waals surface area (Å²) in [5.41, 5.74) is 2.48. The Balaban J connectivity index is 0.00000192. The average Bonchev–Trinajstić information content (AvgIpc) is 3.02. The van der Waals surface area contributed by atoms with Gasteiger partial charge < -0.3 is 15.4 Å². The molecule has 6 nitrogen and oxygen atoms in total. The molecule has 1 aromatic heterocycles. The number of aromatic nitrogens is 2. The minimum absolute atomic E-state index is 0. The summed E-state index contributed by atoms with van der Waals surface area (Å²) in [6.45, 7) is 3.24. The van der Waals surface area contributed by atoms with Gasteiger partial charge in [0.15, 0.2) is 4.34 Å². The molecule has 23 heavy (non-hydrogen) atoms. The molecule has 1 saturated heterocycles. The van der Waals surface area contributed by atoms with Gasteiger partial charge in [-0.05, 0) is 31.2 Å². The molecule has 0 spiro atoms. The van der Waals surface area contributed by atoms with Crippen molar-refractivity contribution in [1.29, 1.82) is 0 Å². The van der Waals surface area contributed by atoms with Crippen LogP contribution >= 0.6 is 35.5 Å². The highest BCUT2D eigenvalue weighted by Crippen LogP contribution is 2.29. The first kappa shape index (κ1) is 18.2. The van der Waals surface area contributed by atoms with Gasteiger partial charge in [-0.3, -0.25) is 4.79 Å². The highest BCUT2D eigenvalue weighted by atomic mass is 35.5. The fraction of sp³-hybridized carbons (Fsp3) is 0.357. The summed E-state index contributed by atoms with van der Waals surface area (Å²) in [4.78, 5) is 13.3. The number of nitrogens with one attached hydrogen (secondary N) is 2. The van der Waals surface area contributed by atoms with Gasteiger partial charge in [0.25, 0.3) is 0 Å². The number of carbonyl (C=O) groups excluding carboxylic acids is 1. The molecule has 2 atom stereocenters. The Morgan fingerprint density at radius 2 is 2.22 bits per heavy atom. The molecule has 0 radical (unpaired) electrons. The van der Waals surface area contributed by atoms with E-state index in [9.17, 15) is 4.79 Å². The lowest BCUT2D eigenvalue weighted by Gasteiger charge is -2.29. The van der Waals surface area contributed by atoms with E-state index in [0.29, 0.717) is 13.2 Å². The first-order valence-corrected chi connectivity index (χ1v) is 8.62. The highest BCUT2D eigenvalue weighted by molar-refractivity contribution is 8.01. The second kappa shape index (κ2) is 8.60. The maximum Gasteiger partial charge on any atom is 0.244 e. The summed E-state index contributed by atoms with van der Waals surface area (Å²) in [7, 11) is 0.